The van der Waals surface area contributed by atoms with Crippen molar-refractivity contribution in [2.75, 3.05) is 7.11 Å². The number of carbonyl (C=O) groups excluding carboxylic acids is 1. The number of rotatable bonds is 10. The van der Waals surface area contributed by atoms with E-state index in [4.69, 9.17) is 4.74 Å². The van der Waals surface area contributed by atoms with Crippen LogP contribution in [0.1, 0.15) is 73.0 Å². The molecule has 222 valence electrons. The molecular formula is C39H40Br2O2. The number of halogens is 2. The van der Waals surface area contributed by atoms with Gasteiger partial charge in [-0.2, -0.15) is 0 Å². The van der Waals surface area contributed by atoms with E-state index in [2.05, 4.69) is 125 Å². The molecule has 2 unspecified atom stereocenters. The second-order valence-corrected chi connectivity index (χ2v) is 14.1. The predicted octanol–water partition coefficient (Wildman–Crippen LogP) is 11.2. The number of methoxy groups -OCH3 is 1. The van der Waals surface area contributed by atoms with E-state index in [1.165, 1.54) is 36.8 Å². The van der Waals surface area contributed by atoms with Gasteiger partial charge in [-0.05, 0) is 79.0 Å². The van der Waals surface area contributed by atoms with Crippen LogP contribution in [0.15, 0.2) is 124 Å². The van der Waals surface area contributed by atoms with Crippen LogP contribution in [0.4, 0.5) is 0 Å². The van der Waals surface area contributed by atoms with Gasteiger partial charge in [0.2, 0.25) is 0 Å². The zero-order valence-electron chi connectivity index (χ0n) is 25.2. The van der Waals surface area contributed by atoms with Crippen LogP contribution in [-0.2, 0) is 15.6 Å². The maximum atomic E-state index is 12.6. The number of hydrogen-bond acceptors (Lipinski definition) is 2. The van der Waals surface area contributed by atoms with Crippen LogP contribution >= 0.6 is 31.9 Å². The first-order valence-electron chi connectivity index (χ1n) is 15.2. The van der Waals surface area contributed by atoms with Gasteiger partial charge in [-0.15, -0.1) is 0 Å². The molecule has 2 aliphatic carbocycles. The number of ether oxygens (including phenoxy) is 1. The molecule has 0 heterocycles. The van der Waals surface area contributed by atoms with E-state index in [9.17, 15) is 4.79 Å². The third-order valence-electron chi connectivity index (χ3n) is 9.21. The zero-order valence-corrected chi connectivity index (χ0v) is 28.4. The van der Waals surface area contributed by atoms with Gasteiger partial charge in [-0.3, -0.25) is 4.79 Å². The Morgan fingerprint density at radius 3 is 1.63 bits per heavy atom. The van der Waals surface area contributed by atoms with Crippen molar-refractivity contribution in [1.29, 1.82) is 0 Å². The van der Waals surface area contributed by atoms with Gasteiger partial charge in [0.1, 0.15) is 5.76 Å². The second kappa shape index (κ2) is 13.8. The summed E-state index contributed by atoms with van der Waals surface area (Å²) >= 11 is 7.01. The van der Waals surface area contributed by atoms with Crippen molar-refractivity contribution in [2.45, 2.75) is 56.8 Å². The summed E-state index contributed by atoms with van der Waals surface area (Å²) in [5.74, 6) is 2.53. The lowest BCUT2D eigenvalue weighted by molar-refractivity contribution is 0.0946. The summed E-state index contributed by atoms with van der Waals surface area (Å²) in [6, 6.07) is 37.1. The minimum Gasteiger partial charge on any atom is -0.496 e. The standard InChI is InChI=1S/C20H21BrO.C19H19BrO/c1-20(16-8-9-16,17-10-12-18(21)13-11-17)14-19(22-2)15-6-4-3-5-7-15;1-19(15-7-8-15,16-9-11-17(20)12-10-16)13-18(21)14-5-3-2-4-6-14/h3-7,10-14,16H,8-9H2,1-2H3;2-6,9-12,15H,7-8,13H2,1H3/b19-14+;. The van der Waals surface area contributed by atoms with Gasteiger partial charge in [0.15, 0.2) is 5.78 Å². The fraction of sp³-hybridized carbons (Fsp3) is 0.308. The highest BCUT2D eigenvalue weighted by Crippen LogP contribution is 2.50. The molecule has 0 spiro atoms. The molecule has 2 aliphatic rings. The largest absolute Gasteiger partial charge is 0.496 e. The van der Waals surface area contributed by atoms with Crippen molar-refractivity contribution in [1.82, 2.24) is 0 Å². The molecule has 0 radical (unpaired) electrons. The van der Waals surface area contributed by atoms with E-state index >= 15 is 0 Å². The van der Waals surface area contributed by atoms with Crippen LogP contribution in [0.3, 0.4) is 0 Å². The molecule has 0 aromatic heterocycles. The number of carbonyl (C=O) groups is 1. The molecule has 6 rings (SSSR count). The third-order valence-corrected chi connectivity index (χ3v) is 10.3. The van der Waals surface area contributed by atoms with Crippen molar-refractivity contribution < 1.29 is 9.53 Å². The summed E-state index contributed by atoms with van der Waals surface area (Å²) in [6.45, 7) is 4.57. The highest BCUT2D eigenvalue weighted by Gasteiger charge is 2.44. The van der Waals surface area contributed by atoms with Crippen molar-refractivity contribution in [2.24, 2.45) is 11.8 Å². The molecule has 0 N–H and O–H groups in total. The SMILES string of the molecule is CC(CC(=O)c1ccccc1)(c1ccc(Br)cc1)C1CC1.CO/C(=C/C(C)(c1ccc(Br)cc1)C1CC1)c1ccccc1. The minimum atomic E-state index is -0.0480. The molecule has 0 amide bonds. The van der Waals surface area contributed by atoms with E-state index in [0.29, 0.717) is 18.3 Å². The van der Waals surface area contributed by atoms with E-state index < -0.39 is 0 Å². The molecule has 0 saturated heterocycles. The number of Topliss-reactive ketones (excluding diaryl/α,β-unsaturated/α-hetero) is 1. The zero-order chi connectivity index (χ0) is 30.5. The topological polar surface area (TPSA) is 26.3 Å². The van der Waals surface area contributed by atoms with Gasteiger partial charge in [0, 0.05) is 37.3 Å². The van der Waals surface area contributed by atoms with Gasteiger partial charge in [0.05, 0.1) is 7.11 Å². The summed E-state index contributed by atoms with van der Waals surface area (Å²) in [4.78, 5) is 12.6. The first kappa shape index (κ1) is 31.5. The highest BCUT2D eigenvalue weighted by atomic mass is 79.9. The van der Waals surface area contributed by atoms with Crippen LogP contribution in [0.25, 0.3) is 5.76 Å². The van der Waals surface area contributed by atoms with Crippen LogP contribution in [-0.4, -0.2) is 12.9 Å². The summed E-state index contributed by atoms with van der Waals surface area (Å²) in [5.41, 5.74) is 4.55. The van der Waals surface area contributed by atoms with Crippen molar-refractivity contribution in [3.63, 3.8) is 0 Å². The summed E-state index contributed by atoms with van der Waals surface area (Å²) in [5, 5.41) is 0. The highest BCUT2D eigenvalue weighted by molar-refractivity contribution is 9.10. The van der Waals surface area contributed by atoms with Gasteiger partial charge in [-0.25, -0.2) is 0 Å². The molecule has 4 aromatic rings. The summed E-state index contributed by atoms with van der Waals surface area (Å²) < 4.78 is 7.91. The smallest absolute Gasteiger partial charge is 0.163 e. The normalized spacial score (nSPS) is 17.6. The Labute approximate surface area is 273 Å². The average molecular weight is 701 g/mol. The summed E-state index contributed by atoms with van der Waals surface area (Å²) in [7, 11) is 1.76. The maximum Gasteiger partial charge on any atom is 0.163 e. The number of ketones is 1. The van der Waals surface area contributed by atoms with Gasteiger partial charge in [-0.1, -0.05) is 131 Å². The minimum absolute atomic E-state index is 0.0158. The number of allylic oxidation sites excluding steroid dienone is 1. The molecule has 2 atom stereocenters. The third kappa shape index (κ3) is 7.77. The molecule has 2 saturated carbocycles. The van der Waals surface area contributed by atoms with E-state index in [1.807, 2.05) is 36.4 Å². The number of hydrogen-bond donors (Lipinski definition) is 0. The van der Waals surface area contributed by atoms with Crippen molar-refractivity contribution in [3.8, 4) is 0 Å². The quantitative estimate of drug-likeness (QED) is 0.122. The molecule has 0 aliphatic heterocycles. The van der Waals surface area contributed by atoms with Crippen LogP contribution in [0, 0.1) is 11.8 Å². The Morgan fingerprint density at radius 1 is 0.698 bits per heavy atom. The van der Waals surface area contributed by atoms with Crippen molar-refractivity contribution >= 4 is 43.4 Å². The monoisotopic (exact) mass is 698 g/mol. The lowest BCUT2D eigenvalue weighted by Crippen LogP contribution is -2.28. The number of benzene rings is 4. The Morgan fingerprint density at radius 2 is 1.16 bits per heavy atom. The Balaban J connectivity index is 0.000000171. The Kier molecular flexibility index (Phi) is 10.1. The molecule has 4 heteroatoms. The molecular weight excluding hydrogens is 660 g/mol. The van der Waals surface area contributed by atoms with E-state index in [0.717, 1.165) is 25.8 Å². The average Bonchev–Trinajstić information content (AvgIpc) is 3.95. The Hall–Kier alpha value is -2.95. The van der Waals surface area contributed by atoms with Crippen LogP contribution in [0.2, 0.25) is 0 Å². The van der Waals surface area contributed by atoms with Crippen molar-refractivity contribution in [3.05, 3.63) is 146 Å². The van der Waals surface area contributed by atoms with E-state index in [-0.39, 0.29) is 16.6 Å². The first-order valence-corrected chi connectivity index (χ1v) is 16.7. The first-order chi connectivity index (χ1) is 20.7. The molecule has 4 aromatic carbocycles. The van der Waals surface area contributed by atoms with Gasteiger partial charge >= 0.3 is 0 Å². The summed E-state index contributed by atoms with van der Waals surface area (Å²) in [6.07, 6.45) is 7.93. The molecule has 2 nitrogen and oxygen atoms in total. The predicted molar refractivity (Wildman–Crippen MR) is 185 cm³/mol. The lowest BCUT2D eigenvalue weighted by Gasteiger charge is -2.30. The fourth-order valence-electron chi connectivity index (χ4n) is 6.16. The lowest BCUT2D eigenvalue weighted by atomic mass is 9.73. The molecule has 43 heavy (non-hydrogen) atoms. The van der Waals surface area contributed by atoms with E-state index in [1.54, 1.807) is 7.11 Å². The van der Waals surface area contributed by atoms with Gasteiger partial charge in [0.25, 0.3) is 0 Å². The van der Waals surface area contributed by atoms with Gasteiger partial charge < -0.3 is 4.74 Å². The Bertz CT molecular complexity index is 1520. The van der Waals surface area contributed by atoms with Crippen LogP contribution < -0.4 is 0 Å². The molecule has 0 bridgehead atoms. The maximum absolute atomic E-state index is 12.6. The fourth-order valence-corrected chi connectivity index (χ4v) is 6.69. The molecule has 2 fully saturated rings. The van der Waals surface area contributed by atoms with Crippen LogP contribution in [0.5, 0.6) is 0 Å². The second-order valence-electron chi connectivity index (χ2n) is 12.3.